The van der Waals surface area contributed by atoms with Gasteiger partial charge < -0.3 is 20.9 Å². The molecule has 114 valence electrons. The van der Waals surface area contributed by atoms with E-state index in [4.69, 9.17) is 10.5 Å². The summed E-state index contributed by atoms with van der Waals surface area (Å²) in [6.07, 6.45) is 1.14. The minimum atomic E-state index is -1.58. The number of nitrogens with two attached hydrogens (primary N) is 1. The van der Waals surface area contributed by atoms with Crippen LogP contribution in [0.3, 0.4) is 0 Å². The van der Waals surface area contributed by atoms with E-state index < -0.39 is 41.3 Å². The van der Waals surface area contributed by atoms with Gasteiger partial charge in [-0.05, 0) is 33.6 Å². The van der Waals surface area contributed by atoms with Gasteiger partial charge in [0.15, 0.2) is 5.92 Å². The van der Waals surface area contributed by atoms with Crippen molar-refractivity contribution in [2.24, 2.45) is 17.6 Å². The molecule has 0 aliphatic carbocycles. The van der Waals surface area contributed by atoms with E-state index in [0.29, 0.717) is 19.4 Å². The zero-order chi connectivity index (χ0) is 15.5. The first-order valence-electron chi connectivity index (χ1n) is 6.62. The van der Waals surface area contributed by atoms with Crippen LogP contribution in [0.5, 0.6) is 0 Å². The Labute approximate surface area is 117 Å². The normalized spacial score (nSPS) is 25.3. The number of carboxylic acid groups (broad SMARTS) is 1. The van der Waals surface area contributed by atoms with Gasteiger partial charge in [0.1, 0.15) is 5.60 Å². The van der Waals surface area contributed by atoms with Crippen LogP contribution in [-0.2, 0) is 19.1 Å². The first kappa shape index (κ1) is 16.4. The smallest absolute Gasteiger partial charge is 0.321 e. The third-order valence-corrected chi connectivity index (χ3v) is 3.06. The first-order valence-corrected chi connectivity index (χ1v) is 6.62. The maximum atomic E-state index is 12.1. The number of amides is 1. The van der Waals surface area contributed by atoms with Crippen molar-refractivity contribution in [3.63, 3.8) is 0 Å². The predicted octanol–water partition coefficient (Wildman–Crippen LogP) is -0.118. The number of carbonyl (C=O) groups is 3. The number of aliphatic carboxylic acids is 1. The fourth-order valence-electron chi connectivity index (χ4n) is 2.21. The van der Waals surface area contributed by atoms with Crippen molar-refractivity contribution in [2.75, 3.05) is 6.54 Å². The summed E-state index contributed by atoms with van der Waals surface area (Å²) in [4.78, 5) is 35.4. The highest BCUT2D eigenvalue weighted by Gasteiger charge is 2.45. The Morgan fingerprint density at radius 1 is 1.45 bits per heavy atom. The molecule has 0 spiro atoms. The van der Waals surface area contributed by atoms with E-state index in [9.17, 15) is 19.5 Å². The molecule has 20 heavy (non-hydrogen) atoms. The lowest BCUT2D eigenvalue weighted by Gasteiger charge is -2.28. The van der Waals surface area contributed by atoms with E-state index in [-0.39, 0.29) is 0 Å². The van der Waals surface area contributed by atoms with Crippen LogP contribution in [-0.4, -0.2) is 41.1 Å². The van der Waals surface area contributed by atoms with Crippen molar-refractivity contribution < 1.29 is 24.2 Å². The average molecular weight is 286 g/mol. The summed E-state index contributed by atoms with van der Waals surface area (Å²) in [5.41, 5.74) is 5.05. The van der Waals surface area contributed by atoms with Crippen molar-refractivity contribution in [3.05, 3.63) is 0 Å². The Kier molecular flexibility index (Phi) is 5.10. The van der Waals surface area contributed by atoms with Crippen molar-refractivity contribution in [2.45, 2.75) is 45.3 Å². The Morgan fingerprint density at radius 3 is 2.55 bits per heavy atom. The molecule has 1 heterocycles. The standard InChI is InChI=1S/C13H22N2O5/c1-13(2,3)20-12(19)9(11(17)18)8-7(14)5-4-6-15-10(8)16/h7-9H,4-6,14H2,1-3H3,(H,15,16)(H,17,18)/t7-,8?,9?/m0/s1. The third-order valence-electron chi connectivity index (χ3n) is 3.06. The zero-order valence-corrected chi connectivity index (χ0v) is 12.0. The molecule has 0 saturated carbocycles. The van der Waals surface area contributed by atoms with Gasteiger partial charge in [-0.2, -0.15) is 0 Å². The van der Waals surface area contributed by atoms with Crippen LogP contribution in [0.4, 0.5) is 0 Å². The Hall–Kier alpha value is -1.63. The molecule has 2 unspecified atom stereocenters. The molecule has 1 fully saturated rings. The highest BCUT2D eigenvalue weighted by molar-refractivity contribution is 5.99. The van der Waals surface area contributed by atoms with Crippen LogP contribution in [0.1, 0.15) is 33.6 Å². The molecule has 1 aliphatic rings. The maximum Gasteiger partial charge on any atom is 0.321 e. The topological polar surface area (TPSA) is 119 Å². The van der Waals surface area contributed by atoms with Gasteiger partial charge in [0.25, 0.3) is 0 Å². The van der Waals surface area contributed by atoms with Crippen molar-refractivity contribution in [1.82, 2.24) is 5.32 Å². The molecule has 0 aromatic rings. The largest absolute Gasteiger partial charge is 0.481 e. The molecule has 0 aromatic carbocycles. The highest BCUT2D eigenvalue weighted by Crippen LogP contribution is 2.24. The van der Waals surface area contributed by atoms with E-state index >= 15 is 0 Å². The van der Waals surface area contributed by atoms with Gasteiger partial charge in [-0.15, -0.1) is 0 Å². The second-order valence-corrected chi connectivity index (χ2v) is 5.97. The molecule has 0 radical (unpaired) electrons. The molecule has 3 atom stereocenters. The lowest BCUT2D eigenvalue weighted by atomic mass is 9.84. The van der Waals surface area contributed by atoms with Crippen molar-refractivity contribution in [3.8, 4) is 0 Å². The van der Waals surface area contributed by atoms with Crippen LogP contribution >= 0.6 is 0 Å². The number of carboxylic acids is 1. The van der Waals surface area contributed by atoms with Crippen molar-refractivity contribution in [1.29, 1.82) is 0 Å². The fraction of sp³-hybridized carbons (Fsp3) is 0.769. The third kappa shape index (κ3) is 4.19. The molecular weight excluding hydrogens is 264 g/mol. The van der Waals surface area contributed by atoms with E-state index in [1.807, 2.05) is 0 Å². The van der Waals surface area contributed by atoms with Crippen LogP contribution in [0, 0.1) is 11.8 Å². The average Bonchev–Trinajstić information content (AvgIpc) is 2.41. The minimum Gasteiger partial charge on any atom is -0.481 e. The molecule has 1 rings (SSSR count). The van der Waals surface area contributed by atoms with Crippen LogP contribution in [0.25, 0.3) is 0 Å². The molecular formula is C13H22N2O5. The van der Waals surface area contributed by atoms with Gasteiger partial charge in [-0.3, -0.25) is 14.4 Å². The number of esters is 1. The molecule has 7 heteroatoms. The van der Waals surface area contributed by atoms with E-state index in [1.54, 1.807) is 20.8 Å². The van der Waals surface area contributed by atoms with Gasteiger partial charge in [0, 0.05) is 12.6 Å². The number of carbonyl (C=O) groups excluding carboxylic acids is 2. The number of rotatable bonds is 3. The number of nitrogens with one attached hydrogen (secondary N) is 1. The molecule has 1 amide bonds. The number of ether oxygens (including phenoxy) is 1. The van der Waals surface area contributed by atoms with Gasteiger partial charge in [0.05, 0.1) is 5.92 Å². The Morgan fingerprint density at radius 2 is 2.05 bits per heavy atom. The van der Waals surface area contributed by atoms with Gasteiger partial charge in [-0.1, -0.05) is 0 Å². The summed E-state index contributed by atoms with van der Waals surface area (Å²) in [6.45, 7) is 5.34. The van der Waals surface area contributed by atoms with Crippen LogP contribution in [0.15, 0.2) is 0 Å². The highest BCUT2D eigenvalue weighted by atomic mass is 16.6. The summed E-state index contributed by atoms with van der Waals surface area (Å²) in [6, 6.07) is -0.675. The molecule has 1 saturated heterocycles. The van der Waals surface area contributed by atoms with Crippen LogP contribution in [0.2, 0.25) is 0 Å². The number of hydrogen-bond acceptors (Lipinski definition) is 5. The summed E-state index contributed by atoms with van der Waals surface area (Å²) >= 11 is 0. The van der Waals surface area contributed by atoms with E-state index in [1.165, 1.54) is 0 Å². The fourth-order valence-corrected chi connectivity index (χ4v) is 2.21. The number of hydrogen-bond donors (Lipinski definition) is 3. The minimum absolute atomic E-state index is 0.434. The van der Waals surface area contributed by atoms with Gasteiger partial charge in [0.2, 0.25) is 5.91 Å². The lowest BCUT2D eigenvalue weighted by Crippen LogP contribution is -2.49. The van der Waals surface area contributed by atoms with Crippen LogP contribution < -0.4 is 11.1 Å². The molecule has 1 aliphatic heterocycles. The molecule has 0 bridgehead atoms. The first-order chi connectivity index (χ1) is 9.13. The molecule has 0 aromatic heterocycles. The van der Waals surface area contributed by atoms with Gasteiger partial charge >= 0.3 is 11.9 Å². The van der Waals surface area contributed by atoms with E-state index in [0.717, 1.165) is 0 Å². The molecule has 7 nitrogen and oxygen atoms in total. The molecule has 4 N–H and O–H groups in total. The maximum absolute atomic E-state index is 12.1. The monoisotopic (exact) mass is 286 g/mol. The SMILES string of the molecule is CC(C)(C)OC(=O)C(C(=O)O)C1C(=O)NCCC[C@@H]1N. The summed E-state index contributed by atoms with van der Waals surface area (Å²) in [5, 5.41) is 11.9. The Bertz CT molecular complexity index is 402. The second-order valence-electron chi connectivity index (χ2n) is 5.97. The summed E-state index contributed by atoms with van der Waals surface area (Å²) in [7, 11) is 0. The quantitative estimate of drug-likeness (QED) is 0.491. The van der Waals surface area contributed by atoms with Gasteiger partial charge in [-0.25, -0.2) is 0 Å². The Balaban J connectivity index is 3.02. The summed E-state index contributed by atoms with van der Waals surface area (Å²) < 4.78 is 5.10. The second kappa shape index (κ2) is 6.21. The van der Waals surface area contributed by atoms with E-state index in [2.05, 4.69) is 5.32 Å². The van der Waals surface area contributed by atoms with Crippen molar-refractivity contribution >= 4 is 17.8 Å². The summed E-state index contributed by atoms with van der Waals surface area (Å²) in [5.74, 6) is -5.51. The lowest BCUT2D eigenvalue weighted by molar-refractivity contribution is -0.171. The zero-order valence-electron chi connectivity index (χ0n) is 12.0. The predicted molar refractivity (Wildman–Crippen MR) is 70.7 cm³/mol.